The highest BCUT2D eigenvalue weighted by molar-refractivity contribution is 6.09. The van der Waals surface area contributed by atoms with E-state index in [9.17, 15) is 9.90 Å². The summed E-state index contributed by atoms with van der Waals surface area (Å²) in [7, 11) is 0. The van der Waals surface area contributed by atoms with Crippen LogP contribution in [0, 0.1) is 0 Å². The molecule has 130 valence electrons. The standard InChI is InChI=1S/C24H17NO2/c26-23-12-6-4-10-21(23)24(27)14-13-17-7-1-2-8-18(17)19-15-16-25-22-11-5-3-9-20(19)22/h1-16,26H/b14-13+. The van der Waals surface area contributed by atoms with Gasteiger partial charge in [0, 0.05) is 11.6 Å². The summed E-state index contributed by atoms with van der Waals surface area (Å²) in [6.07, 6.45) is 5.09. The van der Waals surface area contributed by atoms with Crippen LogP contribution < -0.4 is 0 Å². The number of rotatable bonds is 4. The second kappa shape index (κ2) is 7.26. The lowest BCUT2D eigenvalue weighted by Crippen LogP contribution is -1.94. The summed E-state index contributed by atoms with van der Waals surface area (Å²) in [4.78, 5) is 16.9. The number of pyridine rings is 1. The lowest BCUT2D eigenvalue weighted by molar-refractivity contribution is 0.104. The van der Waals surface area contributed by atoms with E-state index < -0.39 is 0 Å². The van der Waals surface area contributed by atoms with Gasteiger partial charge < -0.3 is 5.11 Å². The molecule has 1 N–H and O–H groups in total. The molecular weight excluding hydrogens is 334 g/mol. The van der Waals surface area contributed by atoms with Gasteiger partial charge in [-0.25, -0.2) is 0 Å². The van der Waals surface area contributed by atoms with Crippen molar-refractivity contribution in [2.75, 3.05) is 0 Å². The number of fused-ring (bicyclic) bond motifs is 1. The van der Waals surface area contributed by atoms with Gasteiger partial charge in [0.15, 0.2) is 5.78 Å². The summed E-state index contributed by atoms with van der Waals surface area (Å²) in [5, 5.41) is 10.9. The van der Waals surface area contributed by atoms with Gasteiger partial charge in [-0.05, 0) is 47.0 Å². The fourth-order valence-electron chi connectivity index (χ4n) is 3.16. The molecular formula is C24H17NO2. The zero-order valence-electron chi connectivity index (χ0n) is 14.5. The number of hydrogen-bond acceptors (Lipinski definition) is 3. The van der Waals surface area contributed by atoms with Crippen molar-refractivity contribution in [1.29, 1.82) is 0 Å². The molecule has 0 bridgehead atoms. The Morgan fingerprint density at radius 1 is 0.815 bits per heavy atom. The third-order valence-corrected chi connectivity index (χ3v) is 4.48. The van der Waals surface area contributed by atoms with Gasteiger partial charge in [0.05, 0.1) is 11.1 Å². The highest BCUT2D eigenvalue weighted by atomic mass is 16.3. The van der Waals surface area contributed by atoms with Gasteiger partial charge in [-0.15, -0.1) is 0 Å². The fraction of sp³-hybridized carbons (Fsp3) is 0. The minimum Gasteiger partial charge on any atom is -0.507 e. The number of allylic oxidation sites excluding steroid dienone is 1. The van der Waals surface area contributed by atoms with Crippen LogP contribution >= 0.6 is 0 Å². The van der Waals surface area contributed by atoms with Crippen molar-refractivity contribution < 1.29 is 9.90 Å². The number of phenols is 1. The van der Waals surface area contributed by atoms with Crippen LogP contribution in [-0.2, 0) is 0 Å². The highest BCUT2D eigenvalue weighted by Gasteiger charge is 2.09. The number of ketones is 1. The second-order valence-corrected chi connectivity index (χ2v) is 6.18. The number of para-hydroxylation sites is 2. The van der Waals surface area contributed by atoms with Gasteiger partial charge in [0.25, 0.3) is 0 Å². The van der Waals surface area contributed by atoms with Crippen LogP contribution in [0.5, 0.6) is 5.75 Å². The zero-order valence-corrected chi connectivity index (χ0v) is 14.5. The number of carbonyl (C=O) groups is 1. The van der Waals surface area contributed by atoms with E-state index in [1.54, 1.807) is 30.5 Å². The van der Waals surface area contributed by atoms with Crippen molar-refractivity contribution in [1.82, 2.24) is 4.98 Å². The molecule has 0 saturated carbocycles. The normalized spacial score (nSPS) is 11.1. The maximum atomic E-state index is 12.4. The second-order valence-electron chi connectivity index (χ2n) is 6.18. The lowest BCUT2D eigenvalue weighted by atomic mass is 9.96. The number of nitrogens with zero attached hydrogens (tertiary/aromatic N) is 1. The fourth-order valence-corrected chi connectivity index (χ4v) is 3.16. The van der Waals surface area contributed by atoms with E-state index in [-0.39, 0.29) is 11.5 Å². The topological polar surface area (TPSA) is 50.2 Å². The van der Waals surface area contributed by atoms with E-state index >= 15 is 0 Å². The van der Waals surface area contributed by atoms with Gasteiger partial charge in [-0.3, -0.25) is 9.78 Å². The number of benzene rings is 3. The van der Waals surface area contributed by atoms with Gasteiger partial charge in [-0.2, -0.15) is 0 Å². The lowest BCUT2D eigenvalue weighted by Gasteiger charge is -2.09. The number of phenolic OH excluding ortho intramolecular Hbond substituents is 1. The molecule has 3 nitrogen and oxygen atoms in total. The summed E-state index contributed by atoms with van der Waals surface area (Å²) in [6.45, 7) is 0. The maximum Gasteiger partial charge on any atom is 0.189 e. The summed E-state index contributed by atoms with van der Waals surface area (Å²) >= 11 is 0. The van der Waals surface area contributed by atoms with Crippen molar-refractivity contribution in [3.8, 4) is 16.9 Å². The third-order valence-electron chi connectivity index (χ3n) is 4.48. The first-order valence-corrected chi connectivity index (χ1v) is 8.67. The minimum atomic E-state index is -0.234. The first kappa shape index (κ1) is 16.7. The van der Waals surface area contributed by atoms with Crippen LogP contribution in [-0.4, -0.2) is 15.9 Å². The van der Waals surface area contributed by atoms with Crippen LogP contribution in [0.2, 0.25) is 0 Å². The van der Waals surface area contributed by atoms with Crippen LogP contribution in [0.25, 0.3) is 28.1 Å². The van der Waals surface area contributed by atoms with E-state index in [1.165, 1.54) is 12.1 Å². The molecule has 0 fully saturated rings. The van der Waals surface area contributed by atoms with E-state index in [0.29, 0.717) is 5.56 Å². The van der Waals surface area contributed by atoms with Crippen molar-refractivity contribution in [3.63, 3.8) is 0 Å². The first-order chi connectivity index (χ1) is 13.2. The Bertz CT molecular complexity index is 1160. The summed E-state index contributed by atoms with van der Waals surface area (Å²) in [6, 6.07) is 24.5. The van der Waals surface area contributed by atoms with E-state index in [1.807, 2.05) is 54.6 Å². The zero-order chi connectivity index (χ0) is 18.6. The van der Waals surface area contributed by atoms with Crippen LogP contribution in [0.3, 0.4) is 0 Å². The maximum absolute atomic E-state index is 12.4. The molecule has 0 saturated heterocycles. The Balaban J connectivity index is 1.76. The Kier molecular flexibility index (Phi) is 4.50. The predicted octanol–water partition coefficient (Wildman–Crippen LogP) is 5.50. The monoisotopic (exact) mass is 351 g/mol. The van der Waals surface area contributed by atoms with Gasteiger partial charge in [0.2, 0.25) is 0 Å². The van der Waals surface area contributed by atoms with Crippen molar-refractivity contribution in [3.05, 3.63) is 102 Å². The van der Waals surface area contributed by atoms with Gasteiger partial charge >= 0.3 is 0 Å². The van der Waals surface area contributed by atoms with E-state index in [4.69, 9.17) is 0 Å². The third kappa shape index (κ3) is 3.35. The quantitative estimate of drug-likeness (QED) is 0.390. The molecule has 0 unspecified atom stereocenters. The summed E-state index contributed by atoms with van der Waals surface area (Å²) in [5.41, 5.74) is 4.24. The Hall–Kier alpha value is -3.72. The molecule has 0 aliphatic heterocycles. The Labute approximate surface area is 157 Å². The largest absolute Gasteiger partial charge is 0.507 e. The molecule has 0 aliphatic carbocycles. The number of carbonyl (C=O) groups excluding carboxylic acids is 1. The van der Waals surface area contributed by atoms with Crippen LogP contribution in [0.1, 0.15) is 15.9 Å². The van der Waals surface area contributed by atoms with Crippen molar-refractivity contribution in [2.24, 2.45) is 0 Å². The Morgan fingerprint density at radius 2 is 1.56 bits per heavy atom. The van der Waals surface area contributed by atoms with E-state index in [0.717, 1.165) is 27.6 Å². The van der Waals surface area contributed by atoms with Gasteiger partial charge in [-0.1, -0.05) is 60.7 Å². The molecule has 4 aromatic rings. The van der Waals surface area contributed by atoms with Crippen LogP contribution in [0.15, 0.2) is 91.1 Å². The van der Waals surface area contributed by atoms with E-state index in [2.05, 4.69) is 4.98 Å². The molecule has 4 rings (SSSR count). The molecule has 1 aromatic heterocycles. The summed E-state index contributed by atoms with van der Waals surface area (Å²) in [5.74, 6) is -0.247. The smallest absolute Gasteiger partial charge is 0.189 e. The molecule has 3 aromatic carbocycles. The average Bonchev–Trinajstić information content (AvgIpc) is 2.72. The average molecular weight is 351 g/mol. The minimum absolute atomic E-state index is 0.0134. The van der Waals surface area contributed by atoms with Crippen molar-refractivity contribution in [2.45, 2.75) is 0 Å². The number of hydrogen-bond donors (Lipinski definition) is 1. The SMILES string of the molecule is O=C(/C=C/c1ccccc1-c1ccnc2ccccc12)c1ccccc1O. The number of aromatic hydroxyl groups is 1. The molecule has 3 heteroatoms. The molecule has 0 atom stereocenters. The first-order valence-electron chi connectivity index (χ1n) is 8.67. The van der Waals surface area contributed by atoms with Crippen molar-refractivity contribution >= 4 is 22.8 Å². The molecule has 0 aliphatic rings. The highest BCUT2D eigenvalue weighted by Crippen LogP contribution is 2.30. The van der Waals surface area contributed by atoms with Gasteiger partial charge in [0.1, 0.15) is 5.75 Å². The Morgan fingerprint density at radius 3 is 2.44 bits per heavy atom. The predicted molar refractivity (Wildman–Crippen MR) is 109 cm³/mol. The molecule has 27 heavy (non-hydrogen) atoms. The summed E-state index contributed by atoms with van der Waals surface area (Å²) < 4.78 is 0. The molecule has 1 heterocycles. The molecule has 0 spiro atoms. The molecule has 0 radical (unpaired) electrons. The number of aromatic nitrogens is 1. The molecule has 0 amide bonds. The van der Waals surface area contributed by atoms with Crippen LogP contribution in [0.4, 0.5) is 0 Å².